The van der Waals surface area contributed by atoms with Gasteiger partial charge >= 0.3 is 0 Å². The highest BCUT2D eigenvalue weighted by Crippen LogP contribution is 2.28. The minimum absolute atomic E-state index is 0.00953. The fourth-order valence-corrected chi connectivity index (χ4v) is 3.59. The first-order valence-electron chi connectivity index (χ1n) is 7.60. The summed E-state index contributed by atoms with van der Waals surface area (Å²) in [5.41, 5.74) is 2.18. The summed E-state index contributed by atoms with van der Waals surface area (Å²) in [6.07, 6.45) is 2.40. The topological polar surface area (TPSA) is 58.4 Å². The van der Waals surface area contributed by atoms with Gasteiger partial charge in [-0.15, -0.1) is 0 Å². The lowest BCUT2D eigenvalue weighted by Gasteiger charge is -2.44. The first kappa shape index (κ1) is 12.8. The molecule has 3 saturated heterocycles. The normalized spacial score (nSPS) is 28.0. The van der Waals surface area contributed by atoms with Gasteiger partial charge in [0.25, 0.3) is 5.91 Å². The van der Waals surface area contributed by atoms with Gasteiger partial charge in [-0.05, 0) is 57.0 Å². The van der Waals surface area contributed by atoms with E-state index in [1.165, 1.54) is 25.9 Å². The Morgan fingerprint density at radius 1 is 1.38 bits per heavy atom. The summed E-state index contributed by atoms with van der Waals surface area (Å²) in [4.78, 5) is 14.9. The number of rotatable bonds is 2. The lowest BCUT2D eigenvalue weighted by molar-refractivity contribution is 0.0620. The van der Waals surface area contributed by atoms with Crippen molar-refractivity contribution in [2.45, 2.75) is 25.8 Å². The van der Waals surface area contributed by atoms with E-state index in [0.717, 1.165) is 17.6 Å². The van der Waals surface area contributed by atoms with Crippen molar-refractivity contribution in [3.63, 3.8) is 0 Å². The van der Waals surface area contributed by atoms with Crippen molar-refractivity contribution in [2.75, 3.05) is 19.6 Å². The molecule has 1 amide bonds. The summed E-state index contributed by atoms with van der Waals surface area (Å²) in [5, 5.41) is 8.09. The molecule has 110 valence electrons. The average molecular weight is 285 g/mol. The number of nitrogens with zero attached hydrogens (tertiary/aromatic N) is 2. The molecule has 2 aromatic rings. The molecule has 0 saturated carbocycles. The second-order valence-corrected chi connectivity index (χ2v) is 6.20. The number of fused-ring (bicyclic) bond motifs is 4. The molecule has 4 heterocycles. The van der Waals surface area contributed by atoms with Crippen molar-refractivity contribution >= 4 is 16.9 Å². The fraction of sp³-hybridized carbons (Fsp3) is 0.500. The summed E-state index contributed by atoms with van der Waals surface area (Å²) in [7, 11) is 0. The number of nitrogens with one attached hydrogen (secondary N) is 1. The van der Waals surface area contributed by atoms with Gasteiger partial charge in [0.05, 0.1) is 5.69 Å². The molecule has 0 spiro atoms. The van der Waals surface area contributed by atoms with E-state index in [0.29, 0.717) is 17.1 Å². The van der Waals surface area contributed by atoms with E-state index in [1.807, 2.05) is 19.1 Å². The van der Waals surface area contributed by atoms with Gasteiger partial charge in [-0.2, -0.15) is 0 Å². The highest BCUT2D eigenvalue weighted by molar-refractivity contribution is 5.97. The van der Waals surface area contributed by atoms with Crippen LogP contribution in [0.5, 0.6) is 0 Å². The molecule has 1 aromatic heterocycles. The molecule has 5 rings (SSSR count). The minimum Gasteiger partial charge on any atom is -0.356 e. The zero-order valence-electron chi connectivity index (χ0n) is 12.1. The molecule has 1 aromatic carbocycles. The molecule has 3 aliphatic heterocycles. The Bertz CT molecular complexity index is 686. The first-order valence-corrected chi connectivity index (χ1v) is 7.60. The maximum Gasteiger partial charge on any atom is 0.251 e. The van der Waals surface area contributed by atoms with Crippen LogP contribution in [-0.4, -0.2) is 41.6 Å². The number of hydrogen-bond donors (Lipinski definition) is 1. The van der Waals surface area contributed by atoms with E-state index in [9.17, 15) is 4.79 Å². The Labute approximate surface area is 123 Å². The van der Waals surface area contributed by atoms with Gasteiger partial charge in [-0.3, -0.25) is 4.79 Å². The van der Waals surface area contributed by atoms with Crippen LogP contribution < -0.4 is 5.32 Å². The molecule has 1 N–H and O–H groups in total. The van der Waals surface area contributed by atoms with Gasteiger partial charge in [0, 0.05) is 23.5 Å². The smallest absolute Gasteiger partial charge is 0.251 e. The highest BCUT2D eigenvalue weighted by Gasteiger charge is 2.34. The number of carbonyl (C=O) groups excluding carboxylic acids is 1. The number of hydrogen-bond acceptors (Lipinski definition) is 4. The molecular formula is C16H19N3O2. The monoisotopic (exact) mass is 285 g/mol. The zero-order chi connectivity index (χ0) is 14.4. The Morgan fingerprint density at radius 2 is 2.19 bits per heavy atom. The molecular weight excluding hydrogens is 266 g/mol. The molecule has 3 fully saturated rings. The van der Waals surface area contributed by atoms with Crippen LogP contribution in [0.1, 0.15) is 28.9 Å². The van der Waals surface area contributed by atoms with Crippen molar-refractivity contribution in [3.05, 3.63) is 29.5 Å². The Kier molecular flexibility index (Phi) is 2.96. The first-order chi connectivity index (χ1) is 10.2. The second-order valence-electron chi connectivity index (χ2n) is 6.20. The third-order valence-corrected chi connectivity index (χ3v) is 4.89. The predicted molar refractivity (Wildman–Crippen MR) is 79.2 cm³/mol. The van der Waals surface area contributed by atoms with Crippen LogP contribution in [0.15, 0.2) is 22.7 Å². The standard InChI is InChI=1S/C16H19N3O2/c1-10-13-3-2-12(8-15(13)21-18-10)16(20)17-14-9-19-6-4-11(14)5-7-19/h2-3,8,11,14H,4-7,9H2,1H3,(H,17,20). The predicted octanol–water partition coefficient (Wildman–Crippen LogP) is 1.96. The molecule has 0 aliphatic carbocycles. The molecule has 5 heteroatoms. The third kappa shape index (κ3) is 2.21. The molecule has 1 atom stereocenters. The van der Waals surface area contributed by atoms with Crippen LogP contribution in [0.2, 0.25) is 0 Å². The van der Waals surface area contributed by atoms with Crippen LogP contribution in [0.3, 0.4) is 0 Å². The maximum atomic E-state index is 12.4. The van der Waals surface area contributed by atoms with Crippen molar-refractivity contribution < 1.29 is 9.32 Å². The van der Waals surface area contributed by atoms with E-state index in [1.54, 1.807) is 6.07 Å². The van der Waals surface area contributed by atoms with E-state index in [2.05, 4.69) is 15.4 Å². The van der Waals surface area contributed by atoms with E-state index in [-0.39, 0.29) is 11.9 Å². The SMILES string of the molecule is Cc1noc2cc(C(=O)NC3CN4CCC3CC4)ccc12. The van der Waals surface area contributed by atoms with Crippen LogP contribution >= 0.6 is 0 Å². The van der Waals surface area contributed by atoms with Crippen LogP contribution in [0, 0.1) is 12.8 Å². The summed E-state index contributed by atoms with van der Waals surface area (Å²) in [5.74, 6) is 0.625. The Hall–Kier alpha value is -1.88. The lowest BCUT2D eigenvalue weighted by Crippen LogP contribution is -2.57. The maximum absolute atomic E-state index is 12.4. The minimum atomic E-state index is -0.00953. The van der Waals surface area contributed by atoms with Gasteiger partial charge in [-0.1, -0.05) is 5.16 Å². The van der Waals surface area contributed by atoms with Gasteiger partial charge in [0.15, 0.2) is 5.58 Å². The van der Waals surface area contributed by atoms with Crippen molar-refractivity contribution in [1.29, 1.82) is 0 Å². The van der Waals surface area contributed by atoms with Crippen molar-refractivity contribution in [3.8, 4) is 0 Å². The molecule has 5 nitrogen and oxygen atoms in total. The average Bonchev–Trinajstić information content (AvgIpc) is 2.89. The van der Waals surface area contributed by atoms with E-state index in [4.69, 9.17) is 4.52 Å². The zero-order valence-corrected chi connectivity index (χ0v) is 12.1. The van der Waals surface area contributed by atoms with E-state index >= 15 is 0 Å². The van der Waals surface area contributed by atoms with Crippen LogP contribution in [0.25, 0.3) is 11.0 Å². The summed E-state index contributed by atoms with van der Waals surface area (Å²) in [6, 6.07) is 5.83. The summed E-state index contributed by atoms with van der Waals surface area (Å²) >= 11 is 0. The number of amides is 1. The quantitative estimate of drug-likeness (QED) is 0.916. The van der Waals surface area contributed by atoms with E-state index < -0.39 is 0 Å². The number of carbonyl (C=O) groups is 1. The van der Waals surface area contributed by atoms with Crippen molar-refractivity contribution in [1.82, 2.24) is 15.4 Å². The number of aryl methyl sites for hydroxylation is 1. The van der Waals surface area contributed by atoms with Gasteiger partial charge in [0.2, 0.25) is 0 Å². The van der Waals surface area contributed by atoms with Gasteiger partial charge < -0.3 is 14.7 Å². The van der Waals surface area contributed by atoms with Crippen LogP contribution in [0.4, 0.5) is 0 Å². The fourth-order valence-electron chi connectivity index (χ4n) is 3.59. The van der Waals surface area contributed by atoms with Crippen molar-refractivity contribution in [2.24, 2.45) is 5.92 Å². The number of aromatic nitrogens is 1. The Balaban J connectivity index is 1.53. The second kappa shape index (κ2) is 4.84. The molecule has 3 aliphatic rings. The van der Waals surface area contributed by atoms with Gasteiger partial charge in [0.1, 0.15) is 0 Å². The molecule has 2 bridgehead atoms. The van der Waals surface area contributed by atoms with Crippen LogP contribution in [-0.2, 0) is 0 Å². The largest absolute Gasteiger partial charge is 0.356 e. The molecule has 1 unspecified atom stereocenters. The summed E-state index contributed by atoms with van der Waals surface area (Å²) < 4.78 is 5.24. The Morgan fingerprint density at radius 3 is 2.90 bits per heavy atom. The molecule has 21 heavy (non-hydrogen) atoms. The highest BCUT2D eigenvalue weighted by atomic mass is 16.5. The number of benzene rings is 1. The lowest BCUT2D eigenvalue weighted by atomic mass is 9.84. The number of piperidine rings is 3. The summed E-state index contributed by atoms with van der Waals surface area (Å²) in [6.45, 7) is 5.25. The van der Waals surface area contributed by atoms with Gasteiger partial charge in [-0.25, -0.2) is 0 Å². The third-order valence-electron chi connectivity index (χ3n) is 4.89. The molecule has 0 radical (unpaired) electrons.